The van der Waals surface area contributed by atoms with E-state index in [0.29, 0.717) is 6.54 Å². The van der Waals surface area contributed by atoms with Crippen molar-refractivity contribution >= 4 is 39.1 Å². The second-order valence-corrected chi connectivity index (χ2v) is 8.94. The minimum Gasteiger partial charge on any atom is -0.332 e. The molecule has 0 aliphatic heterocycles. The van der Waals surface area contributed by atoms with Gasteiger partial charge in [-0.05, 0) is 50.1 Å². The lowest BCUT2D eigenvalue weighted by Crippen LogP contribution is -3.10. The normalized spacial score (nSPS) is 13.1. The highest BCUT2D eigenvalue weighted by atomic mass is 32.1. The molecule has 1 heterocycles. The van der Waals surface area contributed by atoms with Crippen molar-refractivity contribution in [3.63, 3.8) is 0 Å². The van der Waals surface area contributed by atoms with Gasteiger partial charge in [-0.3, -0.25) is 9.59 Å². The number of rotatable bonds is 7. The molecule has 0 aliphatic carbocycles. The molecule has 0 radical (unpaired) electrons. The highest BCUT2D eigenvalue weighted by Crippen LogP contribution is 2.24. The number of anilines is 1. The van der Waals surface area contributed by atoms with Crippen LogP contribution in [0.3, 0.4) is 0 Å². The Morgan fingerprint density at radius 1 is 1.20 bits per heavy atom. The predicted molar refractivity (Wildman–Crippen MR) is 122 cm³/mol. The van der Waals surface area contributed by atoms with Crippen molar-refractivity contribution in [3.8, 4) is 0 Å². The number of para-hydroxylation sites is 1. The zero-order valence-electron chi connectivity index (χ0n) is 18.2. The second-order valence-electron chi connectivity index (χ2n) is 7.88. The lowest BCUT2D eigenvalue weighted by molar-refractivity contribution is -0.902. The van der Waals surface area contributed by atoms with Gasteiger partial charge in [0.1, 0.15) is 6.04 Å². The van der Waals surface area contributed by atoms with E-state index >= 15 is 0 Å². The van der Waals surface area contributed by atoms with E-state index in [2.05, 4.69) is 18.3 Å². The fourth-order valence-corrected chi connectivity index (χ4v) is 4.29. The van der Waals surface area contributed by atoms with Gasteiger partial charge in [0.05, 0.1) is 23.8 Å². The fourth-order valence-electron chi connectivity index (χ4n) is 3.18. The molecular weight excluding hydrogens is 396 g/mol. The van der Waals surface area contributed by atoms with E-state index in [-0.39, 0.29) is 24.4 Å². The average Bonchev–Trinajstić information content (AvgIpc) is 3.14. The summed E-state index contributed by atoms with van der Waals surface area (Å²) < 4.78 is 1.15. The summed E-state index contributed by atoms with van der Waals surface area (Å²) in [5.41, 5.74) is 3.85. The Bertz CT molecular complexity index is 1030. The topological polar surface area (TPSA) is 66.7 Å². The molecule has 2 amide bonds. The van der Waals surface area contributed by atoms with Crippen molar-refractivity contribution in [1.29, 1.82) is 0 Å². The molecule has 3 rings (SSSR count). The summed E-state index contributed by atoms with van der Waals surface area (Å²) in [5, 5.41) is 3.92. The van der Waals surface area contributed by atoms with Crippen LogP contribution in [0.25, 0.3) is 10.2 Å². The highest BCUT2D eigenvalue weighted by Gasteiger charge is 2.24. The van der Waals surface area contributed by atoms with Gasteiger partial charge in [0.15, 0.2) is 11.6 Å². The lowest BCUT2D eigenvalue weighted by Gasteiger charge is -2.23. The van der Waals surface area contributed by atoms with E-state index in [4.69, 9.17) is 4.98 Å². The second kappa shape index (κ2) is 9.36. The molecule has 0 bridgehead atoms. The summed E-state index contributed by atoms with van der Waals surface area (Å²) in [7, 11) is 3.65. The lowest BCUT2D eigenvalue weighted by atomic mass is 10.1. The number of fused-ring (bicyclic) bond motifs is 1. The SMILES string of the molecule is Cc1ccc(C)c(NC(=O)CN(C)C(=O)C[NH+](C)[C@@H](C)c2nc3ccccc3s2)c1. The molecule has 158 valence electrons. The van der Waals surface area contributed by atoms with Crippen LogP contribution in [0.2, 0.25) is 0 Å². The first-order valence-electron chi connectivity index (χ1n) is 10.0. The van der Waals surface area contributed by atoms with Gasteiger partial charge >= 0.3 is 0 Å². The number of hydrogen-bond acceptors (Lipinski definition) is 4. The van der Waals surface area contributed by atoms with Gasteiger partial charge in [0.2, 0.25) is 5.91 Å². The number of nitrogens with zero attached hydrogens (tertiary/aromatic N) is 2. The zero-order valence-corrected chi connectivity index (χ0v) is 19.0. The van der Waals surface area contributed by atoms with E-state index in [1.165, 1.54) is 4.90 Å². The van der Waals surface area contributed by atoms with Gasteiger partial charge in [-0.25, -0.2) is 4.98 Å². The number of quaternary nitrogens is 1. The van der Waals surface area contributed by atoms with Crippen LogP contribution in [0.15, 0.2) is 42.5 Å². The number of nitrogens with one attached hydrogen (secondary N) is 2. The average molecular weight is 426 g/mol. The van der Waals surface area contributed by atoms with Crippen LogP contribution in [0.5, 0.6) is 0 Å². The van der Waals surface area contributed by atoms with Crippen LogP contribution in [-0.2, 0) is 9.59 Å². The van der Waals surface area contributed by atoms with Crippen molar-refractivity contribution < 1.29 is 14.5 Å². The molecular formula is C23H29N4O2S+. The Labute approximate surface area is 181 Å². The first-order valence-corrected chi connectivity index (χ1v) is 10.8. The van der Waals surface area contributed by atoms with E-state index in [9.17, 15) is 9.59 Å². The summed E-state index contributed by atoms with van der Waals surface area (Å²) in [4.78, 5) is 32.3. The number of benzene rings is 2. The monoisotopic (exact) mass is 425 g/mol. The predicted octanol–water partition coefficient (Wildman–Crippen LogP) is 2.59. The maximum atomic E-state index is 12.7. The number of thiazole rings is 1. The number of hydrogen-bond donors (Lipinski definition) is 2. The Morgan fingerprint density at radius 2 is 1.93 bits per heavy atom. The minimum atomic E-state index is -0.198. The number of aromatic nitrogens is 1. The Balaban J connectivity index is 1.56. The van der Waals surface area contributed by atoms with Gasteiger partial charge in [-0.1, -0.05) is 24.3 Å². The Morgan fingerprint density at radius 3 is 2.67 bits per heavy atom. The van der Waals surface area contributed by atoms with Crippen molar-refractivity contribution in [2.45, 2.75) is 26.8 Å². The molecule has 30 heavy (non-hydrogen) atoms. The van der Waals surface area contributed by atoms with E-state index in [1.807, 2.05) is 57.3 Å². The summed E-state index contributed by atoms with van der Waals surface area (Å²) >= 11 is 1.66. The smallest absolute Gasteiger partial charge is 0.277 e. The molecule has 2 aromatic carbocycles. The zero-order chi connectivity index (χ0) is 21.8. The van der Waals surface area contributed by atoms with Gasteiger partial charge in [0.25, 0.3) is 5.91 Å². The van der Waals surface area contributed by atoms with Crippen molar-refractivity contribution in [1.82, 2.24) is 9.88 Å². The standard InChI is InChI=1S/C23H28N4O2S/c1-15-10-11-16(2)19(12-15)24-21(28)13-27(5)22(29)14-26(4)17(3)23-25-18-8-6-7-9-20(18)30-23/h6-12,17H,13-14H2,1-5H3,(H,24,28)/p+1/t17-/m0/s1. The molecule has 1 aromatic heterocycles. The van der Waals surface area contributed by atoms with Crippen molar-refractivity contribution in [3.05, 3.63) is 58.6 Å². The molecule has 0 spiro atoms. The number of likely N-dealkylation sites (N-methyl/N-ethyl adjacent to an activating group) is 2. The molecule has 0 saturated heterocycles. The summed E-state index contributed by atoms with van der Waals surface area (Å²) in [5.74, 6) is -0.270. The van der Waals surface area contributed by atoms with E-state index in [0.717, 1.165) is 36.9 Å². The fraction of sp³-hybridized carbons (Fsp3) is 0.348. The Kier molecular flexibility index (Phi) is 6.84. The third-order valence-corrected chi connectivity index (χ3v) is 6.54. The minimum absolute atomic E-state index is 0.0228. The molecule has 2 atom stereocenters. The highest BCUT2D eigenvalue weighted by molar-refractivity contribution is 7.18. The van der Waals surface area contributed by atoms with E-state index in [1.54, 1.807) is 18.4 Å². The summed E-state index contributed by atoms with van der Waals surface area (Å²) in [6.45, 7) is 6.33. The van der Waals surface area contributed by atoms with Gasteiger partial charge in [-0.15, -0.1) is 11.3 Å². The first-order chi connectivity index (χ1) is 14.2. The van der Waals surface area contributed by atoms with Crippen LogP contribution in [-0.4, -0.2) is 48.9 Å². The van der Waals surface area contributed by atoms with Gasteiger partial charge < -0.3 is 15.1 Å². The third kappa shape index (κ3) is 5.23. The molecule has 7 heteroatoms. The number of carbonyl (C=O) groups excluding carboxylic acids is 2. The molecule has 3 aromatic rings. The summed E-state index contributed by atoms with van der Waals surface area (Å²) in [6, 6.07) is 14.1. The van der Waals surface area contributed by atoms with Crippen LogP contribution in [0.4, 0.5) is 5.69 Å². The molecule has 0 saturated carbocycles. The quantitative estimate of drug-likeness (QED) is 0.612. The van der Waals surface area contributed by atoms with Crippen molar-refractivity contribution in [2.24, 2.45) is 0 Å². The number of carbonyl (C=O) groups is 2. The maximum absolute atomic E-state index is 12.7. The molecule has 2 N–H and O–H groups in total. The third-order valence-electron chi connectivity index (χ3n) is 5.32. The Hall–Kier alpha value is -2.77. The largest absolute Gasteiger partial charge is 0.332 e. The van der Waals surface area contributed by atoms with E-state index < -0.39 is 0 Å². The van der Waals surface area contributed by atoms with Crippen molar-refractivity contribution in [2.75, 3.05) is 32.5 Å². The number of aryl methyl sites for hydroxylation is 2. The molecule has 0 aliphatic rings. The first kappa shape index (κ1) is 21.9. The molecule has 0 fully saturated rings. The summed E-state index contributed by atoms with van der Waals surface area (Å²) in [6.07, 6.45) is 0. The van der Waals surface area contributed by atoms with Crippen LogP contribution in [0, 0.1) is 13.8 Å². The maximum Gasteiger partial charge on any atom is 0.277 e. The number of amides is 2. The van der Waals surface area contributed by atoms with Gasteiger partial charge in [-0.2, -0.15) is 0 Å². The molecule has 1 unspecified atom stereocenters. The van der Waals surface area contributed by atoms with Crippen LogP contribution < -0.4 is 10.2 Å². The van der Waals surface area contributed by atoms with Gasteiger partial charge in [0, 0.05) is 12.7 Å². The van der Waals surface area contributed by atoms with Crippen LogP contribution >= 0.6 is 11.3 Å². The molecule has 6 nitrogen and oxygen atoms in total. The van der Waals surface area contributed by atoms with Crippen LogP contribution in [0.1, 0.15) is 29.1 Å².